The molecule has 128 valence electrons. The Morgan fingerprint density at radius 3 is 2.30 bits per heavy atom. The fraction of sp³-hybridized carbons (Fsp3) is 0.632. The van der Waals surface area contributed by atoms with Crippen LogP contribution in [-0.4, -0.2) is 34.3 Å². The third-order valence-electron chi connectivity index (χ3n) is 4.90. The smallest absolute Gasteiger partial charge is 0.407 e. The van der Waals surface area contributed by atoms with Crippen LogP contribution >= 0.6 is 0 Å². The summed E-state index contributed by atoms with van der Waals surface area (Å²) in [6.07, 6.45) is 6.97. The largest absolute Gasteiger partial charge is 0.465 e. The highest BCUT2D eigenvalue weighted by Crippen LogP contribution is 2.48. The van der Waals surface area contributed by atoms with Gasteiger partial charge in [-0.3, -0.25) is 0 Å². The third-order valence-corrected chi connectivity index (χ3v) is 4.90. The Morgan fingerprint density at radius 2 is 1.78 bits per heavy atom. The van der Waals surface area contributed by atoms with Gasteiger partial charge < -0.3 is 15.1 Å². The predicted octanol–water partition coefficient (Wildman–Crippen LogP) is 4.16. The molecule has 0 saturated heterocycles. The van der Waals surface area contributed by atoms with Crippen molar-refractivity contribution in [3.63, 3.8) is 0 Å². The molecule has 1 aromatic carbocycles. The van der Waals surface area contributed by atoms with E-state index in [2.05, 4.69) is 6.92 Å². The first-order chi connectivity index (χ1) is 11.1. The van der Waals surface area contributed by atoms with Gasteiger partial charge in [-0.25, -0.2) is 4.79 Å². The van der Waals surface area contributed by atoms with Crippen molar-refractivity contribution in [2.45, 2.75) is 63.9 Å². The zero-order chi connectivity index (χ0) is 16.7. The van der Waals surface area contributed by atoms with Crippen LogP contribution in [0.5, 0.6) is 0 Å². The number of hydrogen-bond acceptors (Lipinski definition) is 2. The molecule has 4 nitrogen and oxygen atoms in total. The van der Waals surface area contributed by atoms with Crippen molar-refractivity contribution in [3.05, 3.63) is 35.4 Å². The van der Waals surface area contributed by atoms with Crippen LogP contribution in [0.25, 0.3) is 0 Å². The second-order valence-corrected chi connectivity index (χ2v) is 6.75. The van der Waals surface area contributed by atoms with Gasteiger partial charge in [-0.1, -0.05) is 56.9 Å². The molecular weight excluding hydrogens is 290 g/mol. The molecule has 1 amide bonds. The SMILES string of the molecule is CCCCCCCN(CC1(c2ccc(CO)cc2)CC1)C(=O)O. The number of aliphatic hydroxyl groups excluding tert-OH is 1. The van der Waals surface area contributed by atoms with Gasteiger partial charge in [0.15, 0.2) is 0 Å². The van der Waals surface area contributed by atoms with Crippen molar-refractivity contribution in [2.75, 3.05) is 13.1 Å². The minimum Gasteiger partial charge on any atom is -0.465 e. The highest BCUT2D eigenvalue weighted by molar-refractivity contribution is 5.65. The Balaban J connectivity index is 1.91. The molecule has 0 atom stereocenters. The fourth-order valence-corrected chi connectivity index (χ4v) is 3.17. The van der Waals surface area contributed by atoms with E-state index in [0.717, 1.165) is 31.2 Å². The summed E-state index contributed by atoms with van der Waals surface area (Å²) in [6.45, 7) is 3.46. The molecule has 0 radical (unpaired) electrons. The van der Waals surface area contributed by atoms with E-state index >= 15 is 0 Å². The van der Waals surface area contributed by atoms with E-state index in [1.807, 2.05) is 24.3 Å². The van der Waals surface area contributed by atoms with Crippen molar-refractivity contribution in [1.82, 2.24) is 4.90 Å². The number of nitrogens with zero attached hydrogens (tertiary/aromatic N) is 1. The van der Waals surface area contributed by atoms with E-state index in [4.69, 9.17) is 5.11 Å². The summed E-state index contributed by atoms with van der Waals surface area (Å²) in [5, 5.41) is 18.6. The number of benzene rings is 1. The van der Waals surface area contributed by atoms with E-state index in [-0.39, 0.29) is 12.0 Å². The van der Waals surface area contributed by atoms with Gasteiger partial charge >= 0.3 is 6.09 Å². The van der Waals surface area contributed by atoms with Crippen LogP contribution in [-0.2, 0) is 12.0 Å². The van der Waals surface area contributed by atoms with Gasteiger partial charge in [0.2, 0.25) is 0 Å². The lowest BCUT2D eigenvalue weighted by molar-refractivity contribution is 0.139. The lowest BCUT2D eigenvalue weighted by Crippen LogP contribution is -2.37. The first-order valence-corrected chi connectivity index (χ1v) is 8.79. The van der Waals surface area contributed by atoms with Crippen molar-refractivity contribution >= 4 is 6.09 Å². The molecular formula is C19H29NO3. The molecule has 4 heteroatoms. The number of aliphatic hydroxyl groups is 1. The number of carbonyl (C=O) groups is 1. The molecule has 1 aliphatic carbocycles. The quantitative estimate of drug-likeness (QED) is 0.637. The summed E-state index contributed by atoms with van der Waals surface area (Å²) in [4.78, 5) is 13.1. The number of hydrogen-bond donors (Lipinski definition) is 2. The molecule has 0 unspecified atom stereocenters. The van der Waals surface area contributed by atoms with Gasteiger partial charge in [0.25, 0.3) is 0 Å². The molecule has 0 spiro atoms. The normalized spacial score (nSPS) is 15.4. The summed E-state index contributed by atoms with van der Waals surface area (Å²) < 4.78 is 0. The average Bonchev–Trinajstić information content (AvgIpc) is 3.34. The number of carboxylic acid groups (broad SMARTS) is 1. The van der Waals surface area contributed by atoms with E-state index in [0.29, 0.717) is 13.1 Å². The average molecular weight is 319 g/mol. The maximum atomic E-state index is 11.5. The third kappa shape index (κ3) is 4.96. The summed E-state index contributed by atoms with van der Waals surface area (Å²) in [5.74, 6) is 0. The molecule has 0 heterocycles. The topological polar surface area (TPSA) is 60.8 Å². The van der Waals surface area contributed by atoms with Crippen LogP contribution in [0.2, 0.25) is 0 Å². The van der Waals surface area contributed by atoms with Gasteiger partial charge in [0.1, 0.15) is 0 Å². The maximum Gasteiger partial charge on any atom is 0.407 e. The minimum atomic E-state index is -0.807. The molecule has 1 aromatic rings. The summed E-state index contributed by atoms with van der Waals surface area (Å²) in [6, 6.07) is 7.95. The van der Waals surface area contributed by atoms with Crippen LogP contribution < -0.4 is 0 Å². The Labute approximate surface area is 139 Å². The van der Waals surface area contributed by atoms with Gasteiger partial charge in [-0.15, -0.1) is 0 Å². The minimum absolute atomic E-state index is 0.00417. The van der Waals surface area contributed by atoms with E-state index < -0.39 is 6.09 Å². The molecule has 0 bridgehead atoms. The van der Waals surface area contributed by atoms with Crippen molar-refractivity contribution < 1.29 is 15.0 Å². The molecule has 0 aliphatic heterocycles. The summed E-state index contributed by atoms with van der Waals surface area (Å²) in [5.41, 5.74) is 2.10. The zero-order valence-electron chi connectivity index (χ0n) is 14.1. The standard InChI is InChI=1S/C19H29NO3/c1-2-3-4-5-6-13-20(18(22)23)15-19(11-12-19)17-9-7-16(14-21)8-10-17/h7-10,21H,2-6,11-15H2,1H3,(H,22,23). The van der Waals surface area contributed by atoms with Crippen LogP contribution in [0.1, 0.15) is 63.0 Å². The van der Waals surface area contributed by atoms with Gasteiger partial charge in [0.05, 0.1) is 6.61 Å². The Morgan fingerprint density at radius 1 is 1.13 bits per heavy atom. The van der Waals surface area contributed by atoms with Crippen molar-refractivity contribution in [2.24, 2.45) is 0 Å². The first-order valence-electron chi connectivity index (χ1n) is 8.79. The van der Waals surface area contributed by atoms with Crippen molar-refractivity contribution in [3.8, 4) is 0 Å². The van der Waals surface area contributed by atoms with E-state index in [1.54, 1.807) is 4.90 Å². The Hall–Kier alpha value is -1.55. The first kappa shape index (κ1) is 17.8. The molecule has 0 aromatic heterocycles. The van der Waals surface area contributed by atoms with Crippen LogP contribution in [0.15, 0.2) is 24.3 Å². The lowest BCUT2D eigenvalue weighted by Gasteiger charge is -2.26. The van der Waals surface area contributed by atoms with Crippen molar-refractivity contribution in [1.29, 1.82) is 0 Å². The fourth-order valence-electron chi connectivity index (χ4n) is 3.17. The molecule has 23 heavy (non-hydrogen) atoms. The van der Waals surface area contributed by atoms with Crippen LogP contribution in [0.3, 0.4) is 0 Å². The van der Waals surface area contributed by atoms with Gasteiger partial charge in [-0.05, 0) is 30.4 Å². The molecule has 1 saturated carbocycles. The van der Waals surface area contributed by atoms with Crippen LogP contribution in [0.4, 0.5) is 4.79 Å². The molecule has 2 N–H and O–H groups in total. The second kappa shape index (κ2) is 8.34. The number of unbranched alkanes of at least 4 members (excludes halogenated alkanes) is 4. The Bertz CT molecular complexity index is 494. The number of rotatable bonds is 10. The van der Waals surface area contributed by atoms with Crippen LogP contribution in [0, 0.1) is 0 Å². The Kier molecular flexibility index (Phi) is 6.46. The number of amides is 1. The highest BCUT2D eigenvalue weighted by Gasteiger charge is 2.46. The van der Waals surface area contributed by atoms with Gasteiger partial charge in [-0.2, -0.15) is 0 Å². The summed E-state index contributed by atoms with van der Waals surface area (Å²) in [7, 11) is 0. The maximum absolute atomic E-state index is 11.5. The highest BCUT2D eigenvalue weighted by atomic mass is 16.4. The lowest BCUT2D eigenvalue weighted by atomic mass is 9.94. The predicted molar refractivity (Wildman–Crippen MR) is 91.6 cm³/mol. The van der Waals surface area contributed by atoms with Gasteiger partial charge in [0, 0.05) is 18.5 Å². The van der Waals surface area contributed by atoms with E-state index in [1.165, 1.54) is 24.8 Å². The molecule has 1 aliphatic rings. The molecule has 1 fully saturated rings. The van der Waals surface area contributed by atoms with E-state index in [9.17, 15) is 9.90 Å². The molecule has 2 rings (SSSR count). The zero-order valence-corrected chi connectivity index (χ0v) is 14.1. The monoisotopic (exact) mass is 319 g/mol. The second-order valence-electron chi connectivity index (χ2n) is 6.75. The summed E-state index contributed by atoms with van der Waals surface area (Å²) >= 11 is 0.